The molecule has 0 fully saturated rings. The Morgan fingerprint density at radius 2 is 0.806 bits per heavy atom. The van der Waals surface area contributed by atoms with Crippen LogP contribution in [0.15, 0.2) is 0 Å². The zero-order chi connectivity index (χ0) is 27.7. The van der Waals surface area contributed by atoms with Crippen molar-refractivity contribution in [3.05, 3.63) is 0 Å². The first kappa shape index (κ1) is 34.4. The Labute approximate surface area is 222 Å². The molecule has 0 rings (SSSR count). The van der Waals surface area contributed by atoms with Gasteiger partial charge in [0.15, 0.2) is 0 Å². The summed E-state index contributed by atoms with van der Waals surface area (Å²) < 4.78 is 0. The van der Waals surface area contributed by atoms with Crippen LogP contribution in [-0.2, 0) is 14.4 Å². The Bertz CT molecular complexity index is 589. The van der Waals surface area contributed by atoms with Gasteiger partial charge >= 0.3 is 0 Å². The van der Waals surface area contributed by atoms with Gasteiger partial charge in [-0.3, -0.25) is 14.4 Å². The lowest BCUT2D eigenvalue weighted by Crippen LogP contribution is -2.40. The molecule has 36 heavy (non-hydrogen) atoms. The van der Waals surface area contributed by atoms with Crippen molar-refractivity contribution >= 4 is 17.7 Å². The van der Waals surface area contributed by atoms with Crippen molar-refractivity contribution in [1.82, 2.24) is 16.0 Å². The van der Waals surface area contributed by atoms with Gasteiger partial charge in [0.2, 0.25) is 17.7 Å². The van der Waals surface area contributed by atoms with Crippen LogP contribution in [0.2, 0.25) is 0 Å². The second-order valence-electron chi connectivity index (χ2n) is 12.0. The molecule has 0 radical (unpaired) electrons. The summed E-state index contributed by atoms with van der Waals surface area (Å²) in [6, 6.07) is 0. The minimum absolute atomic E-state index is 0.0392. The van der Waals surface area contributed by atoms with E-state index in [0.717, 1.165) is 38.5 Å². The predicted octanol–water partition coefficient (Wildman–Crippen LogP) is 5.95. The standard InChI is InChI=1S/C30H59N3O3/c1-10-21(4)13-24(7)18-31-28(34)16-27(30(36)33-20-26(9)15-23(6)12-3)17-29(35)32-19-25(8)14-22(5)11-2/h21-27H,10-20H2,1-9H3,(H,31,34)(H,32,35)(H,33,36). The van der Waals surface area contributed by atoms with Gasteiger partial charge < -0.3 is 16.0 Å². The summed E-state index contributed by atoms with van der Waals surface area (Å²) in [6.07, 6.45) is 6.62. The van der Waals surface area contributed by atoms with Crippen molar-refractivity contribution in [1.29, 1.82) is 0 Å². The van der Waals surface area contributed by atoms with Crippen LogP contribution in [0, 0.1) is 41.4 Å². The van der Waals surface area contributed by atoms with E-state index >= 15 is 0 Å². The van der Waals surface area contributed by atoms with Crippen molar-refractivity contribution in [2.75, 3.05) is 19.6 Å². The molecule has 6 heteroatoms. The maximum atomic E-state index is 13.0. The number of carbonyl (C=O) groups excluding carboxylic acids is 3. The molecule has 212 valence electrons. The van der Waals surface area contributed by atoms with Crippen LogP contribution in [0.3, 0.4) is 0 Å². The molecule has 3 amide bonds. The molecule has 0 aromatic rings. The number of hydrogen-bond acceptors (Lipinski definition) is 3. The zero-order valence-electron chi connectivity index (χ0n) is 25.0. The highest BCUT2D eigenvalue weighted by Crippen LogP contribution is 2.17. The Hall–Kier alpha value is -1.59. The van der Waals surface area contributed by atoms with E-state index in [9.17, 15) is 14.4 Å². The monoisotopic (exact) mass is 509 g/mol. The molecule has 0 aliphatic heterocycles. The van der Waals surface area contributed by atoms with E-state index in [0.29, 0.717) is 55.1 Å². The van der Waals surface area contributed by atoms with Gasteiger partial charge in [0.1, 0.15) is 0 Å². The molecule has 0 aliphatic carbocycles. The maximum Gasteiger partial charge on any atom is 0.224 e. The highest BCUT2D eigenvalue weighted by Gasteiger charge is 2.26. The number of nitrogens with one attached hydrogen (secondary N) is 3. The fraction of sp³-hybridized carbons (Fsp3) is 0.900. The topological polar surface area (TPSA) is 87.3 Å². The first-order valence-electron chi connectivity index (χ1n) is 14.7. The average Bonchev–Trinajstić information content (AvgIpc) is 2.83. The lowest BCUT2D eigenvalue weighted by Gasteiger charge is -2.21. The normalized spacial score (nSPS) is 17.2. The second-order valence-corrected chi connectivity index (χ2v) is 12.0. The number of amides is 3. The minimum atomic E-state index is -0.657. The van der Waals surface area contributed by atoms with Gasteiger partial charge in [-0.25, -0.2) is 0 Å². The molecule has 0 spiro atoms. The molecule has 6 unspecified atom stereocenters. The first-order valence-corrected chi connectivity index (χ1v) is 14.7. The first-order chi connectivity index (χ1) is 16.9. The second kappa shape index (κ2) is 19.5. The summed E-state index contributed by atoms with van der Waals surface area (Å²) in [5.41, 5.74) is 0. The third kappa shape index (κ3) is 17.0. The highest BCUT2D eigenvalue weighted by atomic mass is 16.2. The third-order valence-electron chi connectivity index (χ3n) is 7.66. The molecule has 0 saturated heterocycles. The molecular weight excluding hydrogens is 450 g/mol. The Kier molecular flexibility index (Phi) is 18.7. The zero-order valence-corrected chi connectivity index (χ0v) is 25.0. The average molecular weight is 510 g/mol. The molecule has 3 N–H and O–H groups in total. The minimum Gasteiger partial charge on any atom is -0.356 e. The third-order valence-corrected chi connectivity index (χ3v) is 7.66. The summed E-state index contributed by atoms with van der Waals surface area (Å²) in [7, 11) is 0. The van der Waals surface area contributed by atoms with Crippen molar-refractivity contribution < 1.29 is 14.4 Å². The Morgan fingerprint density at radius 3 is 1.11 bits per heavy atom. The Morgan fingerprint density at radius 1 is 0.500 bits per heavy atom. The van der Waals surface area contributed by atoms with E-state index in [1.807, 2.05) is 0 Å². The van der Waals surface area contributed by atoms with Crippen LogP contribution < -0.4 is 16.0 Å². The van der Waals surface area contributed by atoms with Gasteiger partial charge in [0.05, 0.1) is 5.92 Å². The summed E-state index contributed by atoms with van der Waals surface area (Å²) >= 11 is 0. The van der Waals surface area contributed by atoms with Crippen molar-refractivity contribution in [2.45, 2.75) is 114 Å². The van der Waals surface area contributed by atoms with Gasteiger partial charge in [0, 0.05) is 32.5 Å². The lowest BCUT2D eigenvalue weighted by molar-refractivity contribution is -0.133. The van der Waals surface area contributed by atoms with Crippen molar-refractivity contribution in [2.24, 2.45) is 41.4 Å². The molecule has 0 saturated carbocycles. The highest BCUT2D eigenvalue weighted by molar-refractivity contribution is 5.90. The quantitative estimate of drug-likeness (QED) is 0.190. The van der Waals surface area contributed by atoms with E-state index in [-0.39, 0.29) is 30.6 Å². The van der Waals surface area contributed by atoms with Gasteiger partial charge in [-0.05, 0) is 54.8 Å². The van der Waals surface area contributed by atoms with Crippen molar-refractivity contribution in [3.63, 3.8) is 0 Å². The van der Waals surface area contributed by atoms with Gasteiger partial charge in [-0.15, -0.1) is 0 Å². The van der Waals surface area contributed by atoms with Gasteiger partial charge in [-0.1, -0.05) is 81.6 Å². The summed E-state index contributed by atoms with van der Waals surface area (Å²) in [6.45, 7) is 21.4. The maximum absolute atomic E-state index is 13.0. The molecule has 0 bridgehead atoms. The van der Waals surface area contributed by atoms with Crippen LogP contribution in [0.5, 0.6) is 0 Å². The molecule has 6 atom stereocenters. The summed E-state index contributed by atoms with van der Waals surface area (Å²) in [4.78, 5) is 38.5. The predicted molar refractivity (Wildman–Crippen MR) is 151 cm³/mol. The van der Waals surface area contributed by atoms with E-state index in [1.165, 1.54) is 0 Å². The van der Waals surface area contributed by atoms with Crippen LogP contribution >= 0.6 is 0 Å². The lowest BCUT2D eigenvalue weighted by atomic mass is 9.94. The van der Waals surface area contributed by atoms with Crippen LogP contribution in [-0.4, -0.2) is 37.4 Å². The molecule has 0 aromatic carbocycles. The molecule has 0 aromatic heterocycles. The molecule has 6 nitrogen and oxygen atoms in total. The SMILES string of the molecule is CCC(C)CC(C)CNC(=O)CC(CC(=O)NCC(C)CC(C)CC)C(=O)NCC(C)CC(C)CC. The molecular formula is C30H59N3O3. The fourth-order valence-corrected chi connectivity index (χ4v) is 4.66. The van der Waals surface area contributed by atoms with Crippen LogP contribution in [0.4, 0.5) is 0 Å². The molecule has 0 aliphatic rings. The van der Waals surface area contributed by atoms with E-state index in [4.69, 9.17) is 0 Å². The Balaban J connectivity index is 4.97. The summed E-state index contributed by atoms with van der Waals surface area (Å²) in [5, 5.41) is 9.01. The van der Waals surface area contributed by atoms with Crippen LogP contribution in [0.25, 0.3) is 0 Å². The van der Waals surface area contributed by atoms with E-state index in [1.54, 1.807) is 0 Å². The van der Waals surface area contributed by atoms with Crippen LogP contribution in [0.1, 0.15) is 114 Å². The smallest absolute Gasteiger partial charge is 0.224 e. The fourth-order valence-electron chi connectivity index (χ4n) is 4.66. The van der Waals surface area contributed by atoms with Crippen molar-refractivity contribution in [3.8, 4) is 0 Å². The van der Waals surface area contributed by atoms with Gasteiger partial charge in [-0.2, -0.15) is 0 Å². The van der Waals surface area contributed by atoms with E-state index < -0.39 is 5.92 Å². The molecule has 0 heterocycles. The number of hydrogen-bond donors (Lipinski definition) is 3. The largest absolute Gasteiger partial charge is 0.356 e. The van der Waals surface area contributed by atoms with Gasteiger partial charge in [0.25, 0.3) is 0 Å². The summed E-state index contributed by atoms with van der Waals surface area (Å²) in [5.74, 6) is 1.81. The van der Waals surface area contributed by atoms with E-state index in [2.05, 4.69) is 78.3 Å². The number of rotatable bonds is 20. The number of carbonyl (C=O) groups is 3.